The number of ether oxygens (including phenoxy) is 1. The van der Waals surface area contributed by atoms with Crippen molar-refractivity contribution in [3.05, 3.63) is 69.7 Å². The van der Waals surface area contributed by atoms with Crippen LogP contribution < -0.4 is 0 Å². The maximum absolute atomic E-state index is 12.1. The summed E-state index contributed by atoms with van der Waals surface area (Å²) < 4.78 is 5.23. The molecule has 0 saturated heterocycles. The lowest BCUT2D eigenvalue weighted by molar-refractivity contribution is 0.0601. The highest BCUT2D eigenvalue weighted by Crippen LogP contribution is 2.24. The number of aliphatic hydroxyl groups is 1. The number of nitrogens with zero attached hydrogens (tertiary/aromatic N) is 1. The summed E-state index contributed by atoms with van der Waals surface area (Å²) >= 11 is 11.9. The first-order valence-corrected chi connectivity index (χ1v) is 8.42. The number of aliphatic hydroxyl groups excluding tert-OH is 1. The van der Waals surface area contributed by atoms with Crippen molar-refractivity contribution < 1.29 is 14.6 Å². The molecule has 0 radical (unpaired) electrons. The summed E-state index contributed by atoms with van der Waals surface area (Å²) in [5.41, 5.74) is 0.549. The van der Waals surface area contributed by atoms with Crippen molar-refractivity contribution in [1.82, 2.24) is 0 Å². The molecule has 2 rings (SSSR count). The van der Waals surface area contributed by atoms with Crippen LogP contribution in [0.5, 0.6) is 0 Å². The number of halogens is 2. The second-order valence-electron chi connectivity index (χ2n) is 6.44. The Hall–Kier alpha value is -1.88. The van der Waals surface area contributed by atoms with Crippen molar-refractivity contribution in [1.29, 1.82) is 0 Å². The quantitative estimate of drug-likeness (QED) is 0.721. The first-order chi connectivity index (χ1) is 11.7. The van der Waals surface area contributed by atoms with Crippen LogP contribution in [0.15, 0.2) is 53.5 Å². The lowest BCUT2D eigenvalue weighted by Gasteiger charge is -2.19. The van der Waals surface area contributed by atoms with Crippen LogP contribution in [-0.4, -0.2) is 22.5 Å². The van der Waals surface area contributed by atoms with Crippen molar-refractivity contribution >= 4 is 35.0 Å². The number of amides is 1. The Kier molecular flexibility index (Phi) is 6.22. The minimum atomic E-state index is -1.15. The average molecular weight is 380 g/mol. The number of hydrogen-bond acceptors (Lipinski definition) is 3. The summed E-state index contributed by atoms with van der Waals surface area (Å²) in [6.07, 6.45) is -1.93. The maximum Gasteiger partial charge on any atom is 0.434 e. The van der Waals surface area contributed by atoms with Gasteiger partial charge in [-0.25, -0.2) is 4.79 Å². The summed E-state index contributed by atoms with van der Waals surface area (Å²) in [6, 6.07) is 13.4. The summed E-state index contributed by atoms with van der Waals surface area (Å²) in [5, 5.41) is 11.8. The second-order valence-corrected chi connectivity index (χ2v) is 7.31. The van der Waals surface area contributed by atoms with E-state index in [0.29, 0.717) is 21.2 Å². The Morgan fingerprint density at radius 2 is 1.72 bits per heavy atom. The topological polar surface area (TPSA) is 58.9 Å². The van der Waals surface area contributed by atoms with Crippen molar-refractivity contribution in [3.63, 3.8) is 0 Å². The Bertz CT molecular complexity index is 780. The molecular formula is C19H19Cl2NO3. The molecule has 0 aliphatic heterocycles. The Labute approximate surface area is 157 Å². The lowest BCUT2D eigenvalue weighted by Crippen LogP contribution is -2.24. The Morgan fingerprint density at radius 1 is 1.08 bits per heavy atom. The molecule has 4 nitrogen and oxygen atoms in total. The summed E-state index contributed by atoms with van der Waals surface area (Å²) in [5.74, 6) is 0. The minimum absolute atomic E-state index is 0.160. The van der Waals surface area contributed by atoms with Crippen molar-refractivity contribution in [2.45, 2.75) is 32.5 Å². The van der Waals surface area contributed by atoms with Crippen LogP contribution in [0.3, 0.4) is 0 Å². The fourth-order valence-corrected chi connectivity index (χ4v) is 2.45. The van der Waals surface area contributed by atoms with Gasteiger partial charge in [-0.2, -0.15) is 4.99 Å². The van der Waals surface area contributed by atoms with E-state index in [2.05, 4.69) is 4.99 Å². The number of benzene rings is 2. The van der Waals surface area contributed by atoms with Gasteiger partial charge in [0.05, 0.1) is 5.71 Å². The van der Waals surface area contributed by atoms with Gasteiger partial charge in [-0.15, -0.1) is 0 Å². The normalized spacial score (nSPS) is 13.4. The standard InChI is InChI=1S/C19H19Cl2NO3/c1-19(2,3)25-18(24)22-16(12-7-9-14(20)10-8-12)17(23)13-5-4-6-15(21)11-13/h4-11,17,23H,1-3H3/t17-/m1/s1. The average Bonchev–Trinajstić information content (AvgIpc) is 2.51. The molecule has 0 saturated carbocycles. The molecule has 0 heterocycles. The fourth-order valence-electron chi connectivity index (χ4n) is 2.12. The number of rotatable bonds is 3. The molecule has 0 aliphatic rings. The Morgan fingerprint density at radius 3 is 2.28 bits per heavy atom. The second kappa shape index (κ2) is 8.00. The molecule has 0 aromatic heterocycles. The highest BCUT2D eigenvalue weighted by Gasteiger charge is 2.22. The third-order valence-corrected chi connectivity index (χ3v) is 3.66. The predicted molar refractivity (Wildman–Crippen MR) is 101 cm³/mol. The zero-order chi connectivity index (χ0) is 18.6. The van der Waals surface area contributed by atoms with Crippen LogP contribution in [0.4, 0.5) is 4.79 Å². The molecule has 6 heteroatoms. The van der Waals surface area contributed by atoms with Crippen LogP contribution in [-0.2, 0) is 4.74 Å². The van der Waals surface area contributed by atoms with E-state index < -0.39 is 17.8 Å². The van der Waals surface area contributed by atoms with Crippen LogP contribution >= 0.6 is 23.2 Å². The van der Waals surface area contributed by atoms with Crippen molar-refractivity contribution in [2.24, 2.45) is 4.99 Å². The van der Waals surface area contributed by atoms with Crippen molar-refractivity contribution in [3.8, 4) is 0 Å². The van der Waals surface area contributed by atoms with Crippen molar-refractivity contribution in [2.75, 3.05) is 0 Å². The van der Waals surface area contributed by atoms with Gasteiger partial charge in [0, 0.05) is 10.0 Å². The molecule has 0 bridgehead atoms. The largest absolute Gasteiger partial charge is 0.442 e. The van der Waals surface area contributed by atoms with Gasteiger partial charge in [0.2, 0.25) is 0 Å². The third-order valence-electron chi connectivity index (χ3n) is 3.17. The maximum atomic E-state index is 12.1. The van der Waals surface area contributed by atoms with Gasteiger partial charge < -0.3 is 9.84 Å². The highest BCUT2D eigenvalue weighted by molar-refractivity contribution is 6.31. The van der Waals surface area contributed by atoms with E-state index in [-0.39, 0.29) is 5.71 Å². The van der Waals surface area contributed by atoms with E-state index in [4.69, 9.17) is 27.9 Å². The molecule has 2 aromatic carbocycles. The molecule has 1 N–H and O–H groups in total. The number of aliphatic imine (C=N–C) groups is 1. The molecule has 0 unspecified atom stereocenters. The number of carbonyl (C=O) groups is 1. The SMILES string of the molecule is CC(C)(C)OC(=O)N=C(c1ccc(Cl)cc1)[C@H](O)c1cccc(Cl)c1. The summed E-state index contributed by atoms with van der Waals surface area (Å²) in [4.78, 5) is 16.1. The van der Waals surface area contributed by atoms with Gasteiger partial charge in [0.25, 0.3) is 0 Å². The first kappa shape index (κ1) is 19.4. The molecule has 2 aromatic rings. The molecule has 1 atom stereocenters. The van der Waals surface area contributed by atoms with Crippen LogP contribution in [0, 0.1) is 0 Å². The lowest BCUT2D eigenvalue weighted by atomic mass is 9.99. The molecular weight excluding hydrogens is 361 g/mol. The van der Waals surface area contributed by atoms with E-state index in [1.165, 1.54) is 0 Å². The molecule has 1 amide bonds. The van der Waals surface area contributed by atoms with Gasteiger partial charge in [0.1, 0.15) is 11.7 Å². The molecule has 0 spiro atoms. The van der Waals surface area contributed by atoms with E-state index >= 15 is 0 Å². The fraction of sp³-hybridized carbons (Fsp3) is 0.263. The van der Waals surface area contributed by atoms with E-state index in [9.17, 15) is 9.90 Å². The molecule has 0 fully saturated rings. The summed E-state index contributed by atoms with van der Waals surface area (Å²) in [6.45, 7) is 5.24. The van der Waals surface area contributed by atoms with Gasteiger partial charge in [-0.1, -0.05) is 47.5 Å². The van der Waals surface area contributed by atoms with E-state index in [0.717, 1.165) is 0 Å². The smallest absolute Gasteiger partial charge is 0.434 e. The van der Waals surface area contributed by atoms with Gasteiger partial charge in [0.15, 0.2) is 0 Å². The predicted octanol–water partition coefficient (Wildman–Crippen LogP) is 5.45. The monoisotopic (exact) mass is 379 g/mol. The third kappa shape index (κ3) is 5.85. The molecule has 25 heavy (non-hydrogen) atoms. The van der Waals surface area contributed by atoms with Gasteiger partial charge >= 0.3 is 6.09 Å². The molecule has 132 valence electrons. The van der Waals surface area contributed by atoms with Gasteiger partial charge in [-0.3, -0.25) is 0 Å². The van der Waals surface area contributed by atoms with E-state index in [1.54, 1.807) is 69.3 Å². The zero-order valence-corrected chi connectivity index (χ0v) is 15.7. The Balaban J connectivity index is 2.44. The zero-order valence-electron chi connectivity index (χ0n) is 14.2. The van der Waals surface area contributed by atoms with Crippen LogP contribution in [0.1, 0.15) is 38.0 Å². The highest BCUT2D eigenvalue weighted by atomic mass is 35.5. The van der Waals surface area contributed by atoms with Crippen LogP contribution in [0.25, 0.3) is 0 Å². The van der Waals surface area contributed by atoms with E-state index in [1.807, 2.05) is 0 Å². The summed E-state index contributed by atoms with van der Waals surface area (Å²) in [7, 11) is 0. The minimum Gasteiger partial charge on any atom is -0.442 e. The number of hydrogen-bond donors (Lipinski definition) is 1. The van der Waals surface area contributed by atoms with Crippen LogP contribution in [0.2, 0.25) is 10.0 Å². The van der Waals surface area contributed by atoms with Gasteiger partial charge in [-0.05, 0) is 56.2 Å². The number of carbonyl (C=O) groups excluding carboxylic acids is 1. The first-order valence-electron chi connectivity index (χ1n) is 7.67. The molecule has 0 aliphatic carbocycles.